The molecule has 2 rings (SSSR count). The van der Waals surface area contributed by atoms with Gasteiger partial charge in [-0.3, -0.25) is 4.79 Å². The largest absolute Gasteiger partial charge is 0.384 e. The number of hydrogen-bond acceptors (Lipinski definition) is 3. The van der Waals surface area contributed by atoms with E-state index in [1.807, 2.05) is 36.2 Å². The van der Waals surface area contributed by atoms with Crippen LogP contribution in [0.3, 0.4) is 0 Å². The molecule has 116 valence electrons. The molecule has 0 saturated carbocycles. The number of hydrogen-bond donors (Lipinski definition) is 1. The van der Waals surface area contributed by atoms with E-state index in [-0.39, 0.29) is 5.91 Å². The summed E-state index contributed by atoms with van der Waals surface area (Å²) in [5.41, 5.74) is 1.72. The van der Waals surface area contributed by atoms with Crippen LogP contribution in [0.15, 0.2) is 24.3 Å². The molecule has 0 spiro atoms. The average molecular weight is 289 g/mol. The molecule has 0 unspecified atom stereocenters. The minimum Gasteiger partial charge on any atom is -0.384 e. The Hall–Kier alpha value is -1.55. The van der Waals surface area contributed by atoms with Gasteiger partial charge in [0, 0.05) is 32.4 Å². The highest BCUT2D eigenvalue weighted by atomic mass is 16.2. The number of nitrogens with one attached hydrogen (secondary N) is 1. The van der Waals surface area contributed by atoms with E-state index >= 15 is 0 Å². The predicted molar refractivity (Wildman–Crippen MR) is 87.9 cm³/mol. The molecule has 21 heavy (non-hydrogen) atoms. The van der Waals surface area contributed by atoms with Crippen molar-refractivity contribution in [3.05, 3.63) is 29.8 Å². The molecule has 0 aliphatic carbocycles. The maximum absolute atomic E-state index is 12.6. The first-order chi connectivity index (χ1) is 10.2. The van der Waals surface area contributed by atoms with Gasteiger partial charge < -0.3 is 15.1 Å². The van der Waals surface area contributed by atoms with Crippen LogP contribution >= 0.6 is 0 Å². The zero-order valence-corrected chi connectivity index (χ0v) is 13.3. The molecule has 4 nitrogen and oxygen atoms in total. The third-order valence-corrected chi connectivity index (χ3v) is 4.02. The van der Waals surface area contributed by atoms with Gasteiger partial charge in [0.15, 0.2) is 0 Å². The predicted octanol–water partition coefficient (Wildman–Crippen LogP) is 2.68. The lowest BCUT2D eigenvalue weighted by Gasteiger charge is -2.22. The Balaban J connectivity index is 1.94. The van der Waals surface area contributed by atoms with Crippen molar-refractivity contribution >= 4 is 11.6 Å². The van der Waals surface area contributed by atoms with E-state index in [1.54, 1.807) is 0 Å². The number of carbonyl (C=O) groups is 1. The third kappa shape index (κ3) is 4.46. The minimum atomic E-state index is 0.105. The van der Waals surface area contributed by atoms with Gasteiger partial charge >= 0.3 is 0 Å². The Morgan fingerprint density at radius 1 is 1.29 bits per heavy atom. The highest BCUT2D eigenvalue weighted by molar-refractivity contribution is 5.99. The highest BCUT2D eigenvalue weighted by Gasteiger charge is 2.17. The summed E-state index contributed by atoms with van der Waals surface area (Å²) in [6.45, 7) is 7.14. The smallest absolute Gasteiger partial charge is 0.255 e. The van der Waals surface area contributed by atoms with Gasteiger partial charge in [-0.15, -0.1) is 0 Å². The van der Waals surface area contributed by atoms with E-state index in [0.717, 1.165) is 37.3 Å². The lowest BCUT2D eigenvalue weighted by molar-refractivity contribution is 0.0783. The number of para-hydroxylation sites is 1. The van der Waals surface area contributed by atoms with Crippen LogP contribution in [-0.2, 0) is 0 Å². The van der Waals surface area contributed by atoms with Gasteiger partial charge in [-0.2, -0.15) is 0 Å². The number of amides is 1. The molecule has 0 atom stereocenters. The van der Waals surface area contributed by atoms with E-state index in [1.165, 1.54) is 25.9 Å². The van der Waals surface area contributed by atoms with Gasteiger partial charge in [0.25, 0.3) is 5.91 Å². The fraction of sp³-hybridized carbons (Fsp3) is 0.588. The van der Waals surface area contributed by atoms with Crippen LogP contribution < -0.4 is 5.32 Å². The van der Waals surface area contributed by atoms with Gasteiger partial charge in [0.1, 0.15) is 0 Å². The van der Waals surface area contributed by atoms with Gasteiger partial charge in [-0.1, -0.05) is 19.1 Å². The number of carbonyl (C=O) groups excluding carboxylic acids is 1. The zero-order valence-electron chi connectivity index (χ0n) is 13.3. The summed E-state index contributed by atoms with van der Waals surface area (Å²) >= 11 is 0. The molecule has 1 heterocycles. The molecular formula is C17H27N3O. The van der Waals surface area contributed by atoms with Crippen molar-refractivity contribution in [1.82, 2.24) is 9.80 Å². The lowest BCUT2D eigenvalue weighted by atomic mass is 10.1. The first kappa shape index (κ1) is 15.8. The van der Waals surface area contributed by atoms with Gasteiger partial charge in [0.2, 0.25) is 0 Å². The van der Waals surface area contributed by atoms with Crippen molar-refractivity contribution in [1.29, 1.82) is 0 Å². The van der Waals surface area contributed by atoms with E-state index in [2.05, 4.69) is 17.1 Å². The number of benzene rings is 1. The molecule has 0 radical (unpaired) electrons. The molecule has 1 amide bonds. The van der Waals surface area contributed by atoms with Crippen molar-refractivity contribution in [2.24, 2.45) is 0 Å². The third-order valence-electron chi connectivity index (χ3n) is 4.02. The summed E-state index contributed by atoms with van der Waals surface area (Å²) in [5.74, 6) is 0.105. The van der Waals surface area contributed by atoms with Crippen molar-refractivity contribution in [2.45, 2.75) is 26.2 Å². The standard InChI is InChI=1S/C17H27N3O/c1-3-10-18-16-9-5-4-8-15(16)17(21)19(2)13-14-20-11-6-7-12-20/h4-5,8-9,18H,3,6-7,10-14H2,1-2H3. The molecular weight excluding hydrogens is 262 g/mol. The fourth-order valence-electron chi connectivity index (χ4n) is 2.69. The summed E-state index contributed by atoms with van der Waals surface area (Å²) in [6.07, 6.45) is 3.64. The van der Waals surface area contributed by atoms with Crippen LogP contribution in [0, 0.1) is 0 Å². The Morgan fingerprint density at radius 3 is 2.71 bits per heavy atom. The second-order valence-corrected chi connectivity index (χ2v) is 5.75. The topological polar surface area (TPSA) is 35.6 Å². The van der Waals surface area contributed by atoms with Crippen LogP contribution in [0.1, 0.15) is 36.5 Å². The second kappa shape index (κ2) is 8.03. The van der Waals surface area contributed by atoms with Crippen molar-refractivity contribution in [3.63, 3.8) is 0 Å². The van der Waals surface area contributed by atoms with Crippen molar-refractivity contribution in [3.8, 4) is 0 Å². The maximum Gasteiger partial charge on any atom is 0.255 e. The summed E-state index contributed by atoms with van der Waals surface area (Å²) in [5, 5.41) is 3.34. The molecule has 1 aliphatic heterocycles. The zero-order chi connectivity index (χ0) is 15.1. The van der Waals surface area contributed by atoms with Crippen LogP contribution in [0.2, 0.25) is 0 Å². The maximum atomic E-state index is 12.6. The van der Waals surface area contributed by atoms with E-state index in [0.29, 0.717) is 0 Å². The molecule has 1 aromatic carbocycles. The monoisotopic (exact) mass is 289 g/mol. The van der Waals surface area contributed by atoms with Gasteiger partial charge in [-0.25, -0.2) is 0 Å². The molecule has 1 aliphatic rings. The summed E-state index contributed by atoms with van der Waals surface area (Å²) in [7, 11) is 1.90. The first-order valence-electron chi connectivity index (χ1n) is 8.03. The molecule has 4 heteroatoms. The molecule has 0 aromatic heterocycles. The van der Waals surface area contributed by atoms with Gasteiger partial charge in [-0.05, 0) is 44.5 Å². The van der Waals surface area contributed by atoms with Crippen molar-refractivity contribution < 1.29 is 4.79 Å². The van der Waals surface area contributed by atoms with Gasteiger partial charge in [0.05, 0.1) is 5.56 Å². The number of rotatable bonds is 7. The van der Waals surface area contributed by atoms with E-state index < -0.39 is 0 Å². The summed E-state index contributed by atoms with van der Waals surface area (Å²) < 4.78 is 0. The van der Waals surface area contributed by atoms with Crippen LogP contribution in [0.5, 0.6) is 0 Å². The fourth-order valence-corrected chi connectivity index (χ4v) is 2.69. The number of likely N-dealkylation sites (N-methyl/N-ethyl adjacent to an activating group) is 1. The quantitative estimate of drug-likeness (QED) is 0.838. The SMILES string of the molecule is CCCNc1ccccc1C(=O)N(C)CCN1CCCC1. The Kier molecular flexibility index (Phi) is 6.05. The van der Waals surface area contributed by atoms with E-state index in [9.17, 15) is 4.79 Å². The summed E-state index contributed by atoms with van der Waals surface area (Å²) in [4.78, 5) is 16.9. The van der Waals surface area contributed by atoms with Crippen LogP contribution in [0.25, 0.3) is 0 Å². The average Bonchev–Trinajstić information content (AvgIpc) is 3.03. The molecule has 0 bridgehead atoms. The highest BCUT2D eigenvalue weighted by Crippen LogP contribution is 2.17. The molecule has 1 fully saturated rings. The summed E-state index contributed by atoms with van der Waals surface area (Å²) in [6, 6.07) is 7.79. The lowest BCUT2D eigenvalue weighted by Crippen LogP contribution is -2.35. The molecule has 1 N–H and O–H groups in total. The van der Waals surface area contributed by atoms with E-state index in [4.69, 9.17) is 0 Å². The number of likely N-dealkylation sites (tertiary alicyclic amines) is 1. The number of anilines is 1. The van der Waals surface area contributed by atoms with Crippen LogP contribution in [-0.4, -0.2) is 55.5 Å². The number of nitrogens with zero attached hydrogens (tertiary/aromatic N) is 2. The Bertz CT molecular complexity index is 455. The molecule has 1 aromatic rings. The Labute approximate surface area is 128 Å². The normalized spacial score (nSPS) is 15.1. The van der Waals surface area contributed by atoms with Crippen LogP contribution in [0.4, 0.5) is 5.69 Å². The minimum absolute atomic E-state index is 0.105. The second-order valence-electron chi connectivity index (χ2n) is 5.75. The Morgan fingerprint density at radius 2 is 2.00 bits per heavy atom. The van der Waals surface area contributed by atoms with Crippen molar-refractivity contribution in [2.75, 3.05) is 45.1 Å². The first-order valence-corrected chi connectivity index (χ1v) is 8.03. The molecule has 1 saturated heterocycles.